The number of thiazole rings is 1. The summed E-state index contributed by atoms with van der Waals surface area (Å²) in [7, 11) is 0. The minimum Gasteiger partial charge on any atom is -0.274 e. The average molecular weight is 198 g/mol. The number of rotatable bonds is 3. The molecule has 0 amide bonds. The van der Waals surface area contributed by atoms with E-state index in [4.69, 9.17) is 23.6 Å². The molecule has 1 rings (SSSR count). The molecule has 0 aromatic carbocycles. The van der Waals surface area contributed by atoms with Crippen molar-refractivity contribution in [2.24, 2.45) is 0 Å². The summed E-state index contributed by atoms with van der Waals surface area (Å²) in [4.78, 5) is 9.88. The number of anilines is 1. The zero-order chi connectivity index (χ0) is 7.40. The van der Waals surface area contributed by atoms with Gasteiger partial charge in [-0.25, -0.2) is 9.82 Å². The smallest absolute Gasteiger partial charge is 0.197 e. The zero-order valence-electron chi connectivity index (χ0n) is 4.90. The second-order valence-corrected chi connectivity index (χ2v) is 3.11. The van der Waals surface area contributed by atoms with Gasteiger partial charge in [0.2, 0.25) is 0 Å². The second kappa shape index (κ2) is 3.98. The molecule has 0 unspecified atom stereocenters. The quantitative estimate of drug-likeness (QED) is 0.729. The molecule has 1 heterocycles. The van der Waals surface area contributed by atoms with Gasteiger partial charge in [-0.1, -0.05) is 11.3 Å². The molecule has 0 spiro atoms. The number of aromatic nitrogens is 1. The molecule has 2 N–H and O–H groups in total. The van der Waals surface area contributed by atoms with Crippen LogP contribution in [0, 0.1) is 0 Å². The first-order chi connectivity index (χ1) is 4.86. The van der Waals surface area contributed by atoms with E-state index in [-0.39, 0.29) is 0 Å². The number of hydrogen-bond donors (Lipinski definition) is 2. The second-order valence-electron chi connectivity index (χ2n) is 1.54. The van der Waals surface area contributed by atoms with E-state index in [1.807, 2.05) is 0 Å². The van der Waals surface area contributed by atoms with Gasteiger partial charge in [0.15, 0.2) is 5.13 Å². The van der Waals surface area contributed by atoms with Crippen LogP contribution < -0.4 is 9.67 Å². The Balaban J connectivity index is 2.59. The number of hydrogen-bond acceptors (Lipinski definition) is 4. The molecule has 0 saturated carbocycles. The Morgan fingerprint density at radius 2 is 2.40 bits per heavy atom. The largest absolute Gasteiger partial charge is 0.274 e. The van der Waals surface area contributed by atoms with E-state index < -0.39 is 0 Å². The van der Waals surface area contributed by atoms with Gasteiger partial charge in [-0.2, -0.15) is 0 Å². The van der Waals surface area contributed by atoms with Crippen LogP contribution in [0.2, 0.25) is 0 Å². The minimum atomic E-state index is 0.609. The van der Waals surface area contributed by atoms with E-state index in [1.54, 1.807) is 6.20 Å². The van der Waals surface area contributed by atoms with Gasteiger partial charge in [0, 0.05) is 29.4 Å². The maximum atomic E-state index is 5.28. The highest BCUT2D eigenvalue weighted by molar-refractivity contribution is 7.15. The lowest BCUT2D eigenvalue weighted by atomic mass is 10.6. The third-order valence-electron chi connectivity index (χ3n) is 0.875. The predicted octanol–water partition coefficient (Wildman–Crippen LogP) is 1.95. The summed E-state index contributed by atoms with van der Waals surface area (Å²) in [6, 6.07) is 0. The van der Waals surface area contributed by atoms with Crippen LogP contribution in [-0.4, -0.2) is 4.98 Å². The monoisotopic (exact) mass is 197 g/mol. The third-order valence-corrected chi connectivity index (χ3v) is 2.21. The number of nitrogens with zero attached hydrogens (tertiary/aromatic N) is 1. The van der Waals surface area contributed by atoms with Crippen LogP contribution in [0.25, 0.3) is 0 Å². The highest BCUT2D eigenvalue weighted by Gasteiger charge is 1.97. The lowest BCUT2D eigenvalue weighted by Crippen LogP contribution is -1.94. The van der Waals surface area contributed by atoms with Crippen molar-refractivity contribution in [3.05, 3.63) is 11.1 Å². The molecule has 0 fully saturated rings. The van der Waals surface area contributed by atoms with E-state index in [0.29, 0.717) is 11.7 Å². The van der Waals surface area contributed by atoms with Crippen LogP contribution in [-0.2, 0) is 6.54 Å². The van der Waals surface area contributed by atoms with Crippen LogP contribution in [0.1, 0.15) is 4.88 Å². The molecule has 0 bridgehead atoms. The normalized spacial score (nSPS) is 9.80. The Labute approximate surface area is 72.6 Å². The summed E-state index contributed by atoms with van der Waals surface area (Å²) in [6.07, 6.45) is 1.71. The van der Waals surface area contributed by atoms with Crippen molar-refractivity contribution in [2.45, 2.75) is 6.54 Å². The highest BCUT2D eigenvalue weighted by Crippen LogP contribution is 2.17. The Morgan fingerprint density at radius 1 is 1.60 bits per heavy atom. The maximum absolute atomic E-state index is 5.28. The summed E-state index contributed by atoms with van der Waals surface area (Å²) in [5.74, 6) is 0. The average Bonchev–Trinajstić information content (AvgIpc) is 2.37. The highest BCUT2D eigenvalue weighted by atomic mass is 35.5. The Hall–Kier alpha value is -0.0300. The predicted molar refractivity (Wildman–Crippen MR) is 44.3 cm³/mol. The van der Waals surface area contributed by atoms with Gasteiger partial charge in [0.05, 0.1) is 0 Å². The van der Waals surface area contributed by atoms with Crippen LogP contribution in [0.4, 0.5) is 5.13 Å². The van der Waals surface area contributed by atoms with E-state index in [0.717, 1.165) is 4.88 Å². The van der Waals surface area contributed by atoms with Crippen molar-refractivity contribution < 1.29 is 0 Å². The molecule has 0 saturated heterocycles. The topological polar surface area (TPSA) is 37.0 Å². The molecule has 6 heteroatoms. The van der Waals surface area contributed by atoms with Crippen LogP contribution >= 0.6 is 34.9 Å². The SMILES string of the molecule is ClNCc1cnc(NCl)s1. The van der Waals surface area contributed by atoms with Gasteiger partial charge in [-0.15, -0.1) is 0 Å². The first kappa shape index (κ1) is 8.07. The van der Waals surface area contributed by atoms with E-state index >= 15 is 0 Å². The zero-order valence-corrected chi connectivity index (χ0v) is 7.22. The first-order valence-electron chi connectivity index (χ1n) is 2.51. The van der Waals surface area contributed by atoms with Crippen molar-refractivity contribution in [1.82, 2.24) is 9.82 Å². The molecule has 0 atom stereocenters. The standard InChI is InChI=1S/C4H5Cl2N3S/c5-8-2-3-1-7-4(9-6)10-3/h1,8H,2H2,(H,7,9). The van der Waals surface area contributed by atoms with E-state index in [9.17, 15) is 0 Å². The summed E-state index contributed by atoms with van der Waals surface area (Å²) >= 11 is 12.0. The van der Waals surface area contributed by atoms with Gasteiger partial charge < -0.3 is 0 Å². The third kappa shape index (κ3) is 1.98. The summed E-state index contributed by atoms with van der Waals surface area (Å²) in [6.45, 7) is 0.609. The van der Waals surface area contributed by atoms with E-state index in [2.05, 4.69) is 14.7 Å². The fourth-order valence-corrected chi connectivity index (χ4v) is 1.53. The summed E-state index contributed by atoms with van der Waals surface area (Å²) in [5, 5.41) is 0.684. The van der Waals surface area contributed by atoms with Crippen LogP contribution in [0.15, 0.2) is 6.20 Å². The molecule has 0 aliphatic heterocycles. The van der Waals surface area contributed by atoms with Crippen molar-refractivity contribution >= 4 is 40.0 Å². The fraction of sp³-hybridized carbons (Fsp3) is 0.250. The van der Waals surface area contributed by atoms with Crippen molar-refractivity contribution in [1.29, 1.82) is 0 Å². The molecular weight excluding hydrogens is 193 g/mol. The van der Waals surface area contributed by atoms with Gasteiger partial charge in [-0.3, -0.25) is 4.84 Å². The van der Waals surface area contributed by atoms with Gasteiger partial charge >= 0.3 is 0 Å². The van der Waals surface area contributed by atoms with Crippen molar-refractivity contribution in [3.8, 4) is 0 Å². The Morgan fingerprint density at radius 3 is 2.90 bits per heavy atom. The van der Waals surface area contributed by atoms with Crippen molar-refractivity contribution in [3.63, 3.8) is 0 Å². The van der Waals surface area contributed by atoms with Crippen LogP contribution in [0.3, 0.4) is 0 Å². The lowest BCUT2D eigenvalue weighted by molar-refractivity contribution is 0.983. The molecule has 1 aromatic heterocycles. The van der Waals surface area contributed by atoms with Gasteiger partial charge in [0.1, 0.15) is 0 Å². The summed E-state index contributed by atoms with van der Waals surface area (Å²) in [5.41, 5.74) is 0. The molecule has 0 aliphatic rings. The van der Waals surface area contributed by atoms with Gasteiger partial charge in [-0.05, 0) is 11.8 Å². The minimum absolute atomic E-state index is 0.609. The first-order valence-corrected chi connectivity index (χ1v) is 4.09. The van der Waals surface area contributed by atoms with E-state index in [1.165, 1.54) is 11.3 Å². The number of halogens is 2. The number of nitrogens with one attached hydrogen (secondary N) is 2. The Kier molecular flexibility index (Phi) is 3.21. The maximum Gasteiger partial charge on any atom is 0.197 e. The molecule has 10 heavy (non-hydrogen) atoms. The summed E-state index contributed by atoms with van der Waals surface area (Å²) < 4.78 is 0. The van der Waals surface area contributed by atoms with Crippen LogP contribution in [0.5, 0.6) is 0 Å². The lowest BCUT2D eigenvalue weighted by Gasteiger charge is -1.87. The van der Waals surface area contributed by atoms with Gasteiger partial charge in [0.25, 0.3) is 0 Å². The Bertz CT molecular complexity index is 202. The molecule has 0 aliphatic carbocycles. The molecule has 3 nitrogen and oxygen atoms in total. The van der Waals surface area contributed by atoms with Crippen molar-refractivity contribution in [2.75, 3.05) is 4.84 Å². The fourth-order valence-electron chi connectivity index (χ4n) is 0.499. The molecule has 0 radical (unpaired) electrons. The molecular formula is C4H5Cl2N3S. The molecule has 56 valence electrons. The molecule has 1 aromatic rings.